The highest BCUT2D eigenvalue weighted by atomic mass is 32.2. The fourth-order valence-corrected chi connectivity index (χ4v) is 6.22. The van der Waals surface area contributed by atoms with E-state index in [2.05, 4.69) is 0 Å². The van der Waals surface area contributed by atoms with Gasteiger partial charge < -0.3 is 5.11 Å². The van der Waals surface area contributed by atoms with Crippen LogP contribution in [-0.4, -0.2) is 16.6 Å². The minimum atomic E-state index is -0.584. The molecule has 22 heavy (non-hydrogen) atoms. The number of rotatable bonds is 4. The van der Waals surface area contributed by atoms with E-state index in [1.807, 2.05) is 42.5 Å². The third-order valence-corrected chi connectivity index (χ3v) is 7.29. The molecule has 116 valence electrons. The molecule has 1 atom stereocenters. The number of hydrogen-bond acceptors (Lipinski definition) is 3. The summed E-state index contributed by atoms with van der Waals surface area (Å²) >= 11 is 3.53. The molecule has 1 N–H and O–H groups in total. The van der Waals surface area contributed by atoms with Crippen LogP contribution in [-0.2, 0) is 4.08 Å². The molecule has 1 saturated heterocycles. The Balaban J connectivity index is 1.92. The van der Waals surface area contributed by atoms with Crippen molar-refractivity contribution in [2.75, 3.05) is 11.5 Å². The van der Waals surface area contributed by atoms with Crippen molar-refractivity contribution in [1.29, 1.82) is 0 Å². The standard InChI is InChI=1S/C18H19FOS2/c19-16-10-5-4-9-15(16)18(21-11-6-12-22-18)13-17(20)14-7-2-1-3-8-14/h1-5,7-10,17,20H,6,11-13H2/t17-/m0/s1. The van der Waals surface area contributed by atoms with Gasteiger partial charge >= 0.3 is 0 Å². The number of benzene rings is 2. The third kappa shape index (κ3) is 3.34. The summed E-state index contributed by atoms with van der Waals surface area (Å²) in [6, 6.07) is 16.6. The molecule has 0 aromatic heterocycles. The molecule has 0 bridgehead atoms. The second kappa shape index (κ2) is 7.07. The van der Waals surface area contributed by atoms with Crippen molar-refractivity contribution in [3.05, 3.63) is 71.5 Å². The lowest BCUT2D eigenvalue weighted by atomic mass is 10.00. The summed E-state index contributed by atoms with van der Waals surface area (Å²) in [6.07, 6.45) is 1.07. The summed E-state index contributed by atoms with van der Waals surface area (Å²) in [4.78, 5) is 0. The summed E-state index contributed by atoms with van der Waals surface area (Å²) in [5, 5.41) is 10.6. The van der Waals surface area contributed by atoms with Gasteiger partial charge in [-0.25, -0.2) is 4.39 Å². The molecular weight excluding hydrogens is 315 g/mol. The van der Waals surface area contributed by atoms with E-state index in [0.717, 1.165) is 23.5 Å². The number of halogens is 1. The average Bonchev–Trinajstić information content (AvgIpc) is 2.57. The van der Waals surface area contributed by atoms with E-state index < -0.39 is 10.2 Å². The minimum absolute atomic E-state index is 0.176. The van der Waals surface area contributed by atoms with E-state index in [4.69, 9.17) is 0 Å². The molecule has 1 aliphatic heterocycles. The summed E-state index contributed by atoms with van der Waals surface area (Å²) in [7, 11) is 0. The monoisotopic (exact) mass is 334 g/mol. The molecule has 1 heterocycles. The van der Waals surface area contributed by atoms with Crippen molar-refractivity contribution in [1.82, 2.24) is 0 Å². The van der Waals surface area contributed by atoms with Crippen LogP contribution in [0.5, 0.6) is 0 Å². The van der Waals surface area contributed by atoms with Crippen LogP contribution in [0.3, 0.4) is 0 Å². The van der Waals surface area contributed by atoms with Gasteiger partial charge in [0.2, 0.25) is 0 Å². The van der Waals surface area contributed by atoms with Gasteiger partial charge in [-0.05, 0) is 29.6 Å². The Morgan fingerprint density at radius 1 is 1.00 bits per heavy atom. The maximum Gasteiger partial charge on any atom is 0.128 e. The van der Waals surface area contributed by atoms with Crippen LogP contribution >= 0.6 is 23.5 Å². The summed E-state index contributed by atoms with van der Waals surface area (Å²) < 4.78 is 14.0. The molecule has 0 aliphatic carbocycles. The van der Waals surface area contributed by atoms with Crippen molar-refractivity contribution < 1.29 is 9.50 Å². The molecule has 1 fully saturated rings. The van der Waals surface area contributed by atoms with Crippen LogP contribution in [0.15, 0.2) is 54.6 Å². The fourth-order valence-electron chi connectivity index (χ4n) is 2.78. The van der Waals surface area contributed by atoms with Gasteiger partial charge in [0, 0.05) is 12.0 Å². The van der Waals surface area contributed by atoms with Gasteiger partial charge in [0.05, 0.1) is 10.2 Å². The highest BCUT2D eigenvalue weighted by Crippen LogP contribution is 2.55. The van der Waals surface area contributed by atoms with Crippen molar-refractivity contribution in [2.24, 2.45) is 0 Å². The van der Waals surface area contributed by atoms with Crippen LogP contribution in [0.25, 0.3) is 0 Å². The largest absolute Gasteiger partial charge is 0.388 e. The second-order valence-corrected chi connectivity index (χ2v) is 8.46. The van der Waals surface area contributed by atoms with Crippen molar-refractivity contribution in [2.45, 2.75) is 23.0 Å². The first-order valence-electron chi connectivity index (χ1n) is 7.47. The van der Waals surface area contributed by atoms with Gasteiger partial charge in [0.1, 0.15) is 5.82 Å². The number of hydrogen-bond donors (Lipinski definition) is 1. The van der Waals surface area contributed by atoms with Gasteiger partial charge in [-0.1, -0.05) is 48.5 Å². The molecule has 2 aromatic carbocycles. The molecule has 0 saturated carbocycles. The molecule has 2 aromatic rings. The number of aliphatic hydroxyl groups excluding tert-OH is 1. The van der Waals surface area contributed by atoms with Crippen molar-refractivity contribution in [3.8, 4) is 0 Å². The quantitative estimate of drug-likeness (QED) is 0.852. The lowest BCUT2D eigenvalue weighted by molar-refractivity contribution is 0.163. The van der Waals surface area contributed by atoms with Gasteiger partial charge in [0.15, 0.2) is 0 Å². The Kier molecular flexibility index (Phi) is 5.11. The molecule has 4 heteroatoms. The Labute approximate surface area is 139 Å². The van der Waals surface area contributed by atoms with Crippen LogP contribution in [0.1, 0.15) is 30.1 Å². The first-order valence-corrected chi connectivity index (χ1v) is 9.44. The fraction of sp³-hybridized carbons (Fsp3) is 0.333. The van der Waals surface area contributed by atoms with Crippen LogP contribution in [0.4, 0.5) is 4.39 Å². The molecule has 0 amide bonds. The topological polar surface area (TPSA) is 20.2 Å². The van der Waals surface area contributed by atoms with Crippen LogP contribution in [0, 0.1) is 5.82 Å². The van der Waals surface area contributed by atoms with Crippen molar-refractivity contribution in [3.63, 3.8) is 0 Å². The van der Waals surface area contributed by atoms with Crippen LogP contribution < -0.4 is 0 Å². The van der Waals surface area contributed by atoms with E-state index in [1.54, 1.807) is 29.6 Å². The van der Waals surface area contributed by atoms with E-state index in [9.17, 15) is 9.50 Å². The first kappa shape index (κ1) is 15.9. The van der Waals surface area contributed by atoms with E-state index >= 15 is 0 Å². The average molecular weight is 334 g/mol. The lowest BCUT2D eigenvalue weighted by Crippen LogP contribution is -2.26. The molecular formula is C18H19FOS2. The highest BCUT2D eigenvalue weighted by molar-refractivity contribution is 8.18. The van der Waals surface area contributed by atoms with E-state index in [-0.39, 0.29) is 5.82 Å². The molecule has 1 aliphatic rings. The Bertz CT molecular complexity index is 611. The normalized spacial score (nSPS) is 18.8. The van der Waals surface area contributed by atoms with E-state index in [1.165, 1.54) is 6.07 Å². The zero-order valence-electron chi connectivity index (χ0n) is 12.2. The molecule has 0 spiro atoms. The minimum Gasteiger partial charge on any atom is -0.388 e. The lowest BCUT2D eigenvalue weighted by Gasteiger charge is -2.38. The zero-order valence-corrected chi connectivity index (χ0v) is 13.9. The second-order valence-electron chi connectivity index (χ2n) is 5.41. The predicted octanol–water partition coefficient (Wildman–Crippen LogP) is 4.97. The van der Waals surface area contributed by atoms with Gasteiger partial charge in [-0.3, -0.25) is 0 Å². The third-order valence-electron chi connectivity index (χ3n) is 3.89. The maximum absolute atomic E-state index is 14.4. The highest BCUT2D eigenvalue weighted by Gasteiger charge is 2.39. The zero-order chi connectivity index (χ0) is 15.4. The Morgan fingerprint density at radius 3 is 2.32 bits per heavy atom. The maximum atomic E-state index is 14.4. The van der Waals surface area contributed by atoms with Gasteiger partial charge in [0.25, 0.3) is 0 Å². The SMILES string of the molecule is O[C@@H](CC1(c2ccccc2F)SCCCS1)c1ccccc1. The molecule has 1 nitrogen and oxygen atoms in total. The summed E-state index contributed by atoms with van der Waals surface area (Å²) in [5.74, 6) is 1.83. The Hall–Kier alpha value is -0.970. The smallest absolute Gasteiger partial charge is 0.128 e. The predicted molar refractivity (Wildman–Crippen MR) is 93.6 cm³/mol. The first-order chi connectivity index (χ1) is 10.7. The molecule has 0 radical (unpaired) electrons. The molecule has 3 rings (SSSR count). The van der Waals surface area contributed by atoms with Crippen LogP contribution in [0.2, 0.25) is 0 Å². The summed E-state index contributed by atoms with van der Waals surface area (Å²) in [5.41, 5.74) is 1.60. The Morgan fingerprint density at radius 2 is 1.64 bits per heavy atom. The van der Waals surface area contributed by atoms with Gasteiger partial charge in [-0.2, -0.15) is 0 Å². The van der Waals surface area contributed by atoms with Crippen molar-refractivity contribution >= 4 is 23.5 Å². The number of thioether (sulfide) groups is 2. The van der Waals surface area contributed by atoms with Gasteiger partial charge in [-0.15, -0.1) is 23.5 Å². The number of aliphatic hydroxyl groups is 1. The van der Waals surface area contributed by atoms with E-state index in [0.29, 0.717) is 12.0 Å². The summed E-state index contributed by atoms with van der Waals surface area (Å²) in [6.45, 7) is 0. The molecule has 0 unspecified atom stereocenters.